The third-order valence-electron chi connectivity index (χ3n) is 1.96. The number of aliphatic carboxylic acids is 1. The number of aryl methyl sites for hydroxylation is 1. The fraction of sp³-hybridized carbons (Fsp3) is 0.556. The Morgan fingerprint density at radius 1 is 1.77 bits per heavy atom. The molecule has 0 aliphatic heterocycles. The summed E-state index contributed by atoms with van der Waals surface area (Å²) >= 11 is 0. The van der Waals surface area contributed by atoms with E-state index in [0.717, 1.165) is 5.56 Å². The quantitative estimate of drug-likeness (QED) is 0.769. The second-order valence-electron chi connectivity index (χ2n) is 3.28. The Hall–Kier alpha value is -1.32. The van der Waals surface area contributed by atoms with Gasteiger partial charge >= 0.3 is 5.97 Å². The van der Waals surface area contributed by atoms with Crippen molar-refractivity contribution in [2.75, 3.05) is 0 Å². The van der Waals surface area contributed by atoms with Crippen LogP contribution in [0.15, 0.2) is 12.4 Å². The largest absolute Gasteiger partial charge is 0.481 e. The number of carbonyl (C=O) groups is 1. The molecule has 1 N–H and O–H groups in total. The molecule has 0 spiro atoms. The molecule has 0 aromatic carbocycles. The molecular formula is C9H14N2O2. The molecule has 0 bridgehead atoms. The normalized spacial score (nSPS) is 12.8. The molecule has 0 saturated carbocycles. The van der Waals surface area contributed by atoms with Crippen molar-refractivity contribution in [1.29, 1.82) is 0 Å². The molecule has 0 aliphatic carbocycles. The third kappa shape index (κ3) is 2.89. The van der Waals surface area contributed by atoms with Gasteiger partial charge in [-0.05, 0) is 25.8 Å². The van der Waals surface area contributed by atoms with Gasteiger partial charge in [-0.15, -0.1) is 0 Å². The van der Waals surface area contributed by atoms with Crippen molar-refractivity contribution in [3.05, 3.63) is 18.0 Å². The number of carboxylic acids is 1. The molecule has 0 fully saturated rings. The summed E-state index contributed by atoms with van der Waals surface area (Å²) in [6.07, 6.45) is 4.51. The predicted molar refractivity (Wildman–Crippen MR) is 48.5 cm³/mol. The van der Waals surface area contributed by atoms with Gasteiger partial charge in [-0.1, -0.05) is 0 Å². The van der Waals surface area contributed by atoms with Crippen LogP contribution >= 0.6 is 0 Å². The minimum absolute atomic E-state index is 0.157. The number of aromatic nitrogens is 2. The van der Waals surface area contributed by atoms with Crippen molar-refractivity contribution in [1.82, 2.24) is 9.78 Å². The summed E-state index contributed by atoms with van der Waals surface area (Å²) < 4.78 is 1.80. The Labute approximate surface area is 77.2 Å². The van der Waals surface area contributed by atoms with Crippen LogP contribution in [-0.2, 0) is 4.79 Å². The van der Waals surface area contributed by atoms with E-state index in [1.165, 1.54) is 0 Å². The SMILES string of the molecule is Cc1cnn(C(C)CCC(=O)O)c1. The molecule has 1 heterocycles. The van der Waals surface area contributed by atoms with Crippen LogP contribution in [0.25, 0.3) is 0 Å². The number of nitrogens with zero attached hydrogens (tertiary/aromatic N) is 2. The first-order chi connectivity index (χ1) is 6.09. The number of carboxylic acid groups (broad SMARTS) is 1. The Kier molecular flexibility index (Phi) is 3.06. The first kappa shape index (κ1) is 9.77. The number of hydrogen-bond acceptors (Lipinski definition) is 2. The maximum absolute atomic E-state index is 10.3. The van der Waals surface area contributed by atoms with Crippen molar-refractivity contribution < 1.29 is 9.90 Å². The number of rotatable bonds is 4. The van der Waals surface area contributed by atoms with Gasteiger partial charge in [-0.25, -0.2) is 0 Å². The van der Waals surface area contributed by atoms with Crippen LogP contribution in [0.1, 0.15) is 31.4 Å². The van der Waals surface area contributed by atoms with Gasteiger partial charge < -0.3 is 5.11 Å². The summed E-state index contributed by atoms with van der Waals surface area (Å²) in [4.78, 5) is 10.3. The monoisotopic (exact) mass is 182 g/mol. The second-order valence-corrected chi connectivity index (χ2v) is 3.28. The maximum atomic E-state index is 10.3. The summed E-state index contributed by atoms with van der Waals surface area (Å²) in [5.74, 6) is -0.754. The fourth-order valence-corrected chi connectivity index (χ4v) is 1.14. The highest BCUT2D eigenvalue weighted by molar-refractivity contribution is 5.66. The highest BCUT2D eigenvalue weighted by Crippen LogP contribution is 2.12. The molecule has 1 aromatic rings. The molecule has 1 rings (SSSR count). The van der Waals surface area contributed by atoms with E-state index in [1.807, 2.05) is 20.0 Å². The smallest absolute Gasteiger partial charge is 0.303 e. The van der Waals surface area contributed by atoms with E-state index in [0.29, 0.717) is 6.42 Å². The zero-order valence-electron chi connectivity index (χ0n) is 7.90. The van der Waals surface area contributed by atoms with Crippen molar-refractivity contribution in [3.8, 4) is 0 Å². The van der Waals surface area contributed by atoms with Gasteiger partial charge in [0, 0.05) is 18.7 Å². The topological polar surface area (TPSA) is 55.1 Å². The van der Waals surface area contributed by atoms with Crippen LogP contribution in [0, 0.1) is 6.92 Å². The van der Waals surface area contributed by atoms with Crippen LogP contribution in [0.2, 0.25) is 0 Å². The van der Waals surface area contributed by atoms with E-state index in [4.69, 9.17) is 5.11 Å². The summed E-state index contributed by atoms with van der Waals surface area (Å²) in [6, 6.07) is 0.157. The number of hydrogen-bond donors (Lipinski definition) is 1. The van der Waals surface area contributed by atoms with Crippen LogP contribution < -0.4 is 0 Å². The Bertz CT molecular complexity index is 294. The van der Waals surface area contributed by atoms with Gasteiger partial charge in [-0.2, -0.15) is 5.10 Å². The van der Waals surface area contributed by atoms with Crippen molar-refractivity contribution in [2.24, 2.45) is 0 Å². The average Bonchev–Trinajstić information content (AvgIpc) is 2.47. The van der Waals surface area contributed by atoms with E-state index >= 15 is 0 Å². The van der Waals surface area contributed by atoms with Crippen molar-refractivity contribution >= 4 is 5.97 Å². The van der Waals surface area contributed by atoms with Gasteiger partial charge in [-0.3, -0.25) is 9.48 Å². The zero-order valence-corrected chi connectivity index (χ0v) is 7.90. The van der Waals surface area contributed by atoms with Gasteiger partial charge in [0.2, 0.25) is 0 Å². The summed E-state index contributed by atoms with van der Waals surface area (Å²) in [5.41, 5.74) is 1.10. The lowest BCUT2D eigenvalue weighted by atomic mass is 10.2. The molecule has 1 unspecified atom stereocenters. The maximum Gasteiger partial charge on any atom is 0.303 e. The molecule has 4 heteroatoms. The van der Waals surface area contributed by atoms with Gasteiger partial charge in [0.25, 0.3) is 0 Å². The molecule has 0 radical (unpaired) electrons. The minimum Gasteiger partial charge on any atom is -0.481 e. The molecule has 0 amide bonds. The highest BCUT2D eigenvalue weighted by atomic mass is 16.4. The average molecular weight is 182 g/mol. The van der Waals surface area contributed by atoms with Crippen LogP contribution in [-0.4, -0.2) is 20.9 Å². The standard InChI is InChI=1S/C9H14N2O2/c1-7-5-10-11(6-7)8(2)3-4-9(12)13/h5-6,8H,3-4H2,1-2H3,(H,12,13). The Balaban J connectivity index is 2.48. The third-order valence-corrected chi connectivity index (χ3v) is 1.96. The van der Waals surface area contributed by atoms with Crippen LogP contribution in [0.3, 0.4) is 0 Å². The van der Waals surface area contributed by atoms with E-state index < -0.39 is 5.97 Å². The van der Waals surface area contributed by atoms with E-state index in [2.05, 4.69) is 5.10 Å². The summed E-state index contributed by atoms with van der Waals surface area (Å²) in [7, 11) is 0. The molecule has 1 atom stereocenters. The van der Waals surface area contributed by atoms with Crippen LogP contribution in [0.4, 0.5) is 0 Å². The van der Waals surface area contributed by atoms with Crippen molar-refractivity contribution in [3.63, 3.8) is 0 Å². The lowest BCUT2D eigenvalue weighted by Gasteiger charge is -2.09. The Morgan fingerprint density at radius 3 is 2.92 bits per heavy atom. The summed E-state index contributed by atoms with van der Waals surface area (Å²) in [6.45, 7) is 3.93. The molecule has 13 heavy (non-hydrogen) atoms. The molecule has 0 aliphatic rings. The fourth-order valence-electron chi connectivity index (χ4n) is 1.14. The first-order valence-electron chi connectivity index (χ1n) is 4.32. The minimum atomic E-state index is -0.754. The Morgan fingerprint density at radius 2 is 2.46 bits per heavy atom. The lowest BCUT2D eigenvalue weighted by molar-refractivity contribution is -0.137. The van der Waals surface area contributed by atoms with E-state index in [1.54, 1.807) is 10.9 Å². The lowest BCUT2D eigenvalue weighted by Crippen LogP contribution is -2.07. The van der Waals surface area contributed by atoms with Gasteiger partial charge in [0.1, 0.15) is 0 Å². The predicted octanol–water partition coefficient (Wildman–Crippen LogP) is 1.62. The van der Waals surface area contributed by atoms with Crippen molar-refractivity contribution in [2.45, 2.75) is 32.7 Å². The molecule has 0 saturated heterocycles. The van der Waals surface area contributed by atoms with Gasteiger partial charge in [0.05, 0.1) is 6.20 Å². The highest BCUT2D eigenvalue weighted by Gasteiger charge is 2.07. The summed E-state index contributed by atoms with van der Waals surface area (Å²) in [5, 5.41) is 12.6. The molecule has 4 nitrogen and oxygen atoms in total. The molecular weight excluding hydrogens is 168 g/mol. The van der Waals surface area contributed by atoms with E-state index in [9.17, 15) is 4.79 Å². The molecule has 1 aromatic heterocycles. The molecule has 72 valence electrons. The van der Waals surface area contributed by atoms with Gasteiger partial charge in [0.15, 0.2) is 0 Å². The first-order valence-corrected chi connectivity index (χ1v) is 4.32. The van der Waals surface area contributed by atoms with Crippen LogP contribution in [0.5, 0.6) is 0 Å². The van der Waals surface area contributed by atoms with E-state index in [-0.39, 0.29) is 12.5 Å². The zero-order chi connectivity index (χ0) is 9.84. The second kappa shape index (κ2) is 4.07.